The van der Waals surface area contributed by atoms with Crippen LogP contribution >= 0.6 is 0 Å². The molecule has 0 aromatic rings. The fraction of sp³-hybridized carbons (Fsp3) is 0.872. The van der Waals surface area contributed by atoms with Crippen LogP contribution in [0.25, 0.3) is 5.73 Å². The van der Waals surface area contributed by atoms with Gasteiger partial charge in [0.1, 0.15) is 54.9 Å². The van der Waals surface area contributed by atoms with Gasteiger partial charge in [0.15, 0.2) is 28.6 Å². The van der Waals surface area contributed by atoms with Crippen molar-refractivity contribution >= 4 is 66.9 Å². The number of aliphatic carboxylic acids is 3. The van der Waals surface area contributed by atoms with Gasteiger partial charge in [-0.05, 0) is 34.6 Å². The molecule has 0 amide bonds. The van der Waals surface area contributed by atoms with Crippen molar-refractivity contribution in [3.63, 3.8) is 0 Å². The molecule has 12 unspecified atom stereocenters. The van der Waals surface area contributed by atoms with Crippen LogP contribution in [0.1, 0.15) is 41.5 Å². The Morgan fingerprint density at radius 2 is 1.12 bits per heavy atom. The minimum Gasteiger partial charge on any atom is -0.735 e. The number of hydrogen-bond donors (Lipinski definition) is 7. The summed E-state index contributed by atoms with van der Waals surface area (Å²) in [4.78, 5) is 66.6. The van der Waals surface area contributed by atoms with Crippen LogP contribution in [0, 0.1) is 17.8 Å². The third kappa shape index (κ3) is 27.5. The number of ether oxygens (including phenoxy) is 13. The average molecular weight is 1460 g/mol. The maximum absolute atomic E-state index is 12.3. The van der Waals surface area contributed by atoms with Crippen LogP contribution in [-0.2, 0) is 163 Å². The van der Waals surface area contributed by atoms with E-state index >= 15 is 0 Å². The van der Waals surface area contributed by atoms with Crippen molar-refractivity contribution in [1.82, 2.24) is 4.72 Å². The first-order valence-corrected chi connectivity index (χ1v) is 30.8. The van der Waals surface area contributed by atoms with Gasteiger partial charge in [0.05, 0.1) is 108 Å². The number of aliphatic hydroxyl groups excluding tert-OH is 5. The molecule has 4 heterocycles. The van der Waals surface area contributed by atoms with Gasteiger partial charge < -0.3 is 131 Å². The van der Waals surface area contributed by atoms with E-state index in [2.05, 4.69) is 17.8 Å². The molecule has 1 radical (unpaired) electrons. The van der Waals surface area contributed by atoms with E-state index in [9.17, 15) is 98.3 Å². The molecule has 91 heavy (non-hydrogen) atoms. The van der Waals surface area contributed by atoms with Crippen molar-refractivity contribution in [2.24, 2.45) is 17.8 Å². The number of carbonyl (C=O) groups excluding carboxylic acids is 5. The van der Waals surface area contributed by atoms with Crippen LogP contribution in [0.5, 0.6) is 0 Å². The molecular formula is C47H76N2O38S3Y-6. The molecule has 4 saturated heterocycles. The third-order valence-corrected chi connectivity index (χ3v) is 15.5. The van der Waals surface area contributed by atoms with Gasteiger partial charge in [-0.2, -0.15) is 0 Å². The topological polar surface area (TPSA) is 616 Å². The van der Waals surface area contributed by atoms with E-state index in [4.69, 9.17) is 68.1 Å². The molecule has 0 aromatic carbocycles. The summed E-state index contributed by atoms with van der Waals surface area (Å²) in [5, 5.41) is 85.1. The summed E-state index contributed by atoms with van der Waals surface area (Å²) in [5.74, 6) is -10.7. The van der Waals surface area contributed by atoms with Crippen molar-refractivity contribution in [3.05, 3.63) is 5.73 Å². The van der Waals surface area contributed by atoms with Gasteiger partial charge in [0, 0.05) is 77.9 Å². The standard InChI is InChI=1S/C33H57N2O28S3.C8H14O5.C6H10O5.Y/c1-12-16(8-55-5-14-13(2)59-18(7-53-3)21(34)24(14)37)61-31(33(42)43)29(23(12)36)57-10-19-22(35-64(44,45)46)25(38)15(17(60-19)11-58-65(47,48)49)6-56-9-20-27(63-66(50,51)52)26(39)28(54-4)30(62-20)32(40)41;1-5(11-3)8(10)13-6(2)7(9)12-4;1-3(7)6(10)11-4(2)5(8)9;/h12-31,34-39H,5-11H2,1-4H3,(H,40,41)(H,42,43)(H,44,45,46)(H,47,48,49)(H,50,51,52);5-6H,1-4H3;3-4,7H,1-2H3,(H,8,9);/q-1;;;/p-5/t12?,13?,14-,15-,16+,17?,18-,19-,20+,21?,22?,23+,24-,25-,26+,27?,28+,29-,30?,31?;;;/m1.../s1. The maximum atomic E-state index is 12.3. The van der Waals surface area contributed by atoms with Gasteiger partial charge in [-0.3, -0.25) is 8.37 Å². The van der Waals surface area contributed by atoms with Crippen LogP contribution in [0.4, 0.5) is 0 Å². The molecule has 0 saturated carbocycles. The van der Waals surface area contributed by atoms with Crippen molar-refractivity contribution in [2.45, 2.75) is 170 Å². The molecule has 0 spiro atoms. The van der Waals surface area contributed by atoms with Gasteiger partial charge in [-0.1, -0.05) is 13.0 Å². The quantitative estimate of drug-likeness (QED) is 0.0152. The zero-order valence-corrected chi connectivity index (χ0v) is 55.6. The van der Waals surface area contributed by atoms with Gasteiger partial charge in [-0.15, -0.1) is 0 Å². The molecule has 44 heteroatoms. The van der Waals surface area contributed by atoms with E-state index in [0.29, 0.717) is 0 Å². The number of esters is 3. The molecule has 4 aliphatic heterocycles. The third-order valence-electron chi connectivity index (χ3n) is 14.1. The average Bonchev–Trinajstić information content (AvgIpc) is 0.903. The first kappa shape index (κ1) is 85.9. The summed E-state index contributed by atoms with van der Waals surface area (Å²) in [5.41, 5.74) is 8.28. The second-order valence-electron chi connectivity index (χ2n) is 20.5. The Kier molecular flexibility index (Phi) is 37.0. The van der Waals surface area contributed by atoms with Crippen molar-refractivity contribution in [1.29, 1.82) is 0 Å². The summed E-state index contributed by atoms with van der Waals surface area (Å²) in [6, 6.07) is -3.18. The van der Waals surface area contributed by atoms with Crippen molar-refractivity contribution in [2.75, 3.05) is 74.7 Å². The van der Waals surface area contributed by atoms with Crippen LogP contribution in [0.2, 0.25) is 0 Å². The predicted molar refractivity (Wildman–Crippen MR) is 278 cm³/mol. The molecule has 0 bridgehead atoms. The second kappa shape index (κ2) is 39.2. The van der Waals surface area contributed by atoms with Gasteiger partial charge in [-0.25, -0.2) is 49.2 Å². The van der Waals surface area contributed by atoms with E-state index in [0.717, 1.165) is 7.11 Å². The molecule has 0 aliphatic carbocycles. The summed E-state index contributed by atoms with van der Waals surface area (Å²) >= 11 is 0. The number of rotatable bonds is 30. The largest absolute Gasteiger partial charge is 0.735 e. The Balaban J connectivity index is 0.00000138. The van der Waals surface area contributed by atoms with Gasteiger partial charge in [0.2, 0.25) is 20.8 Å². The maximum Gasteiger partial charge on any atom is 0.346 e. The second-order valence-corrected chi connectivity index (χ2v) is 23.7. The van der Waals surface area contributed by atoms with Gasteiger partial charge >= 0.3 is 23.9 Å². The number of nitrogens with one attached hydrogen (secondary N) is 2. The van der Waals surface area contributed by atoms with E-state index in [1.54, 1.807) is 11.6 Å². The number of methoxy groups -OCH3 is 4. The molecule has 24 atom stereocenters. The molecular weight excluding hydrogens is 1390 g/mol. The SMILES string of the molecule is CC(O)C(=O)OC(C)C(=O)O.COC(=O)C(C)OC(=O)C(C)OC.COC[C@H]1OC(C)[C@@H](COC[C@@H]2OC(C(=O)[O-])[C@H](OC[C@H]3OC(COS(=O)(=O)[O-])[C@@H](COC[C@@H]4OC(C(=O)[O-])[C@@H](OC)[C@@H](O)C4OS(=O)(=O)[O-])[C@@H](O)C3NS(=O)(=O)[O-])[C@@H](O)C2C)[C@@H](O)C1[NH-].[Y]. The summed E-state index contributed by atoms with van der Waals surface area (Å²) in [6.45, 7) is 3.67. The van der Waals surface area contributed by atoms with Crippen LogP contribution in [0.3, 0.4) is 0 Å². The first-order valence-electron chi connectivity index (χ1n) is 26.7. The molecule has 4 fully saturated rings. The Bertz CT molecular complexity index is 2640. The number of aliphatic hydroxyl groups is 5. The summed E-state index contributed by atoms with van der Waals surface area (Å²) in [7, 11) is -11.8. The first-order chi connectivity index (χ1) is 41.6. The molecule has 4 rings (SSSR count). The Morgan fingerprint density at radius 3 is 1.60 bits per heavy atom. The minimum atomic E-state index is -5.64. The van der Waals surface area contributed by atoms with E-state index in [1.165, 1.54) is 55.9 Å². The Hall–Kier alpha value is -3.11. The fourth-order valence-corrected chi connectivity index (χ4v) is 10.5. The summed E-state index contributed by atoms with van der Waals surface area (Å²) < 4.78 is 182. The fourth-order valence-electron chi connectivity index (χ4n) is 9.03. The monoisotopic (exact) mass is 1460 g/mol. The predicted octanol–water partition coefficient (Wildman–Crippen LogP) is -9.36. The Morgan fingerprint density at radius 1 is 0.582 bits per heavy atom. The smallest absolute Gasteiger partial charge is 0.346 e. The van der Waals surface area contributed by atoms with Gasteiger partial charge in [0.25, 0.3) is 0 Å². The summed E-state index contributed by atoms with van der Waals surface area (Å²) in [6.07, 6.45) is -29.8. The molecule has 529 valence electrons. The Labute approximate surface area is 547 Å². The molecule has 0 aromatic heterocycles. The molecule has 40 nitrogen and oxygen atoms in total. The number of carboxylic acid groups (broad SMARTS) is 3. The van der Waals surface area contributed by atoms with Crippen molar-refractivity contribution < 1.29 is 211 Å². The van der Waals surface area contributed by atoms with Crippen molar-refractivity contribution in [3.8, 4) is 0 Å². The molecule has 8 N–H and O–H groups in total. The van der Waals surface area contributed by atoms with Crippen LogP contribution < -0.4 is 14.9 Å². The van der Waals surface area contributed by atoms with Crippen LogP contribution in [0.15, 0.2) is 0 Å². The normalized spacial score (nSPS) is 33.3. The number of carbonyl (C=O) groups is 6. The van der Waals surface area contributed by atoms with E-state index in [-0.39, 0.29) is 52.5 Å². The van der Waals surface area contributed by atoms with Crippen LogP contribution in [-0.4, -0.2) is 308 Å². The number of carboxylic acids is 3. The minimum absolute atomic E-state index is 0. The number of hydrogen-bond acceptors (Lipinski definition) is 37. The molecule has 4 aliphatic rings. The van der Waals surface area contributed by atoms with E-state index in [1.807, 2.05) is 0 Å². The zero-order valence-electron chi connectivity index (χ0n) is 50.4. The van der Waals surface area contributed by atoms with E-state index < -0.39 is 239 Å². The zero-order chi connectivity index (χ0) is 69.1.